The van der Waals surface area contributed by atoms with Crippen molar-refractivity contribution >= 4 is 33.3 Å². The molecule has 2 rings (SSSR count). The second-order valence-corrected chi connectivity index (χ2v) is 8.17. The Balaban J connectivity index is 1.89. The fraction of sp³-hybridized carbons (Fsp3) is 0.222. The average molecular weight is 396 g/mol. The van der Waals surface area contributed by atoms with Gasteiger partial charge in [-0.1, -0.05) is 23.7 Å². The molecule has 1 N–H and O–H groups in total. The molecule has 138 valence electrons. The van der Waals surface area contributed by atoms with E-state index < -0.39 is 28.3 Å². The highest BCUT2D eigenvalue weighted by molar-refractivity contribution is 7.90. The number of sulfone groups is 1. The van der Waals surface area contributed by atoms with Crippen LogP contribution in [-0.2, 0) is 19.4 Å². The van der Waals surface area contributed by atoms with Gasteiger partial charge in [-0.25, -0.2) is 13.2 Å². The van der Waals surface area contributed by atoms with Crippen LogP contribution in [0.25, 0.3) is 0 Å². The van der Waals surface area contributed by atoms with Gasteiger partial charge in [0.1, 0.15) is 0 Å². The number of amides is 1. The summed E-state index contributed by atoms with van der Waals surface area (Å²) in [5.41, 5.74) is 0.988. The van der Waals surface area contributed by atoms with Crippen molar-refractivity contribution in [2.45, 2.75) is 17.9 Å². The Labute approximate surface area is 157 Å². The molecule has 0 radical (unpaired) electrons. The molecule has 0 fully saturated rings. The third-order valence-corrected chi connectivity index (χ3v) is 4.94. The third-order valence-electron chi connectivity index (χ3n) is 3.58. The molecular formula is C18H18ClNO5S. The standard InChI is InChI=1S/C18H18ClNO5S/c1-12(14-4-3-5-15(19)10-14)20-17(21)11-25-18(22)13-6-8-16(9-7-13)26(2,23)24/h3-10,12H,11H2,1-2H3,(H,20,21)/t12-/m0/s1. The molecule has 0 spiro atoms. The van der Waals surface area contributed by atoms with Crippen LogP contribution >= 0.6 is 11.6 Å². The first-order chi connectivity index (χ1) is 12.2. The van der Waals surface area contributed by atoms with Gasteiger partial charge in [0.2, 0.25) is 0 Å². The molecule has 26 heavy (non-hydrogen) atoms. The van der Waals surface area contributed by atoms with Crippen LogP contribution in [0.4, 0.5) is 0 Å². The number of esters is 1. The zero-order valence-electron chi connectivity index (χ0n) is 14.2. The average Bonchev–Trinajstić information content (AvgIpc) is 2.59. The number of halogens is 1. The van der Waals surface area contributed by atoms with E-state index in [1.165, 1.54) is 24.3 Å². The van der Waals surface area contributed by atoms with Crippen molar-refractivity contribution in [3.8, 4) is 0 Å². The second-order valence-electron chi connectivity index (χ2n) is 5.72. The van der Waals surface area contributed by atoms with Gasteiger partial charge >= 0.3 is 5.97 Å². The van der Waals surface area contributed by atoms with Gasteiger partial charge in [-0.05, 0) is 48.9 Å². The Morgan fingerprint density at radius 2 is 1.81 bits per heavy atom. The molecule has 0 aliphatic heterocycles. The Bertz CT molecular complexity index is 909. The van der Waals surface area contributed by atoms with Crippen molar-refractivity contribution in [2.75, 3.05) is 12.9 Å². The van der Waals surface area contributed by atoms with E-state index in [2.05, 4.69) is 5.32 Å². The second kappa shape index (κ2) is 8.33. The van der Waals surface area contributed by atoms with Crippen LogP contribution in [0.1, 0.15) is 28.9 Å². The van der Waals surface area contributed by atoms with Crippen LogP contribution < -0.4 is 5.32 Å². The predicted octanol–water partition coefficient (Wildman–Crippen LogP) is 2.78. The summed E-state index contributed by atoms with van der Waals surface area (Å²) < 4.78 is 27.7. The fourth-order valence-electron chi connectivity index (χ4n) is 2.20. The van der Waals surface area contributed by atoms with E-state index >= 15 is 0 Å². The van der Waals surface area contributed by atoms with E-state index in [4.69, 9.17) is 16.3 Å². The molecule has 0 aliphatic rings. The lowest BCUT2D eigenvalue weighted by molar-refractivity contribution is -0.124. The summed E-state index contributed by atoms with van der Waals surface area (Å²) in [4.78, 5) is 24.0. The van der Waals surface area contributed by atoms with E-state index in [1.54, 1.807) is 25.1 Å². The highest BCUT2D eigenvalue weighted by Gasteiger charge is 2.14. The van der Waals surface area contributed by atoms with E-state index in [0.29, 0.717) is 5.02 Å². The minimum absolute atomic E-state index is 0.0992. The smallest absolute Gasteiger partial charge is 0.338 e. The summed E-state index contributed by atoms with van der Waals surface area (Å²) in [7, 11) is -3.34. The van der Waals surface area contributed by atoms with Gasteiger partial charge in [-0.3, -0.25) is 4.79 Å². The molecule has 8 heteroatoms. The van der Waals surface area contributed by atoms with Crippen LogP contribution in [0.2, 0.25) is 5.02 Å². The minimum atomic E-state index is -3.34. The van der Waals surface area contributed by atoms with Gasteiger partial charge in [-0.2, -0.15) is 0 Å². The van der Waals surface area contributed by atoms with Crippen molar-refractivity contribution < 1.29 is 22.7 Å². The molecule has 6 nitrogen and oxygen atoms in total. The monoisotopic (exact) mass is 395 g/mol. The molecule has 2 aromatic carbocycles. The van der Waals surface area contributed by atoms with Gasteiger partial charge in [0.25, 0.3) is 5.91 Å². The molecule has 0 saturated heterocycles. The van der Waals surface area contributed by atoms with Crippen LogP contribution in [0.3, 0.4) is 0 Å². The summed E-state index contributed by atoms with van der Waals surface area (Å²) in [6, 6.07) is 12.1. The first-order valence-corrected chi connectivity index (χ1v) is 9.96. The number of rotatable bonds is 6. The van der Waals surface area contributed by atoms with Crippen molar-refractivity contribution in [3.05, 3.63) is 64.7 Å². The molecule has 0 saturated carbocycles. The predicted molar refractivity (Wildman–Crippen MR) is 97.8 cm³/mol. The quantitative estimate of drug-likeness (QED) is 0.759. The van der Waals surface area contributed by atoms with Crippen molar-refractivity contribution in [1.29, 1.82) is 0 Å². The molecule has 1 atom stereocenters. The van der Waals surface area contributed by atoms with Gasteiger partial charge in [-0.15, -0.1) is 0 Å². The third kappa shape index (κ3) is 5.57. The normalized spacial score (nSPS) is 12.3. The minimum Gasteiger partial charge on any atom is -0.452 e. The molecular weight excluding hydrogens is 378 g/mol. The maximum Gasteiger partial charge on any atom is 0.338 e. The number of ether oxygens (including phenoxy) is 1. The van der Waals surface area contributed by atoms with Crippen molar-refractivity contribution in [3.63, 3.8) is 0 Å². The van der Waals surface area contributed by atoms with Gasteiger partial charge in [0, 0.05) is 11.3 Å². The molecule has 1 amide bonds. The Kier molecular flexibility index (Phi) is 6.39. The number of carbonyl (C=O) groups is 2. The number of benzene rings is 2. The molecule has 2 aromatic rings. The van der Waals surface area contributed by atoms with Gasteiger partial charge in [0.05, 0.1) is 16.5 Å². The summed E-state index contributed by atoms with van der Waals surface area (Å²) in [5.74, 6) is -1.17. The highest BCUT2D eigenvalue weighted by Crippen LogP contribution is 2.17. The first-order valence-electron chi connectivity index (χ1n) is 7.69. The Morgan fingerprint density at radius 1 is 1.15 bits per heavy atom. The number of hydrogen-bond donors (Lipinski definition) is 1. The zero-order chi connectivity index (χ0) is 19.3. The number of nitrogens with one attached hydrogen (secondary N) is 1. The molecule has 0 unspecified atom stereocenters. The maximum atomic E-state index is 11.9. The summed E-state index contributed by atoms with van der Waals surface area (Å²) in [6.45, 7) is 1.34. The molecule has 0 heterocycles. The highest BCUT2D eigenvalue weighted by atomic mass is 35.5. The maximum absolute atomic E-state index is 11.9. The van der Waals surface area contributed by atoms with Gasteiger partial charge < -0.3 is 10.1 Å². The Morgan fingerprint density at radius 3 is 2.38 bits per heavy atom. The lowest BCUT2D eigenvalue weighted by Crippen LogP contribution is -2.31. The van der Waals surface area contributed by atoms with Crippen LogP contribution in [0, 0.1) is 0 Å². The molecule has 0 aromatic heterocycles. The Hall–Kier alpha value is -2.38. The topological polar surface area (TPSA) is 89.5 Å². The van der Waals surface area contributed by atoms with E-state index in [0.717, 1.165) is 11.8 Å². The largest absolute Gasteiger partial charge is 0.452 e. The van der Waals surface area contributed by atoms with E-state index in [-0.39, 0.29) is 16.5 Å². The lowest BCUT2D eigenvalue weighted by Gasteiger charge is -2.14. The number of hydrogen-bond acceptors (Lipinski definition) is 5. The van der Waals surface area contributed by atoms with Gasteiger partial charge in [0.15, 0.2) is 16.4 Å². The summed E-state index contributed by atoms with van der Waals surface area (Å²) in [5, 5.41) is 3.27. The summed E-state index contributed by atoms with van der Waals surface area (Å²) >= 11 is 5.92. The first kappa shape index (κ1) is 19.9. The van der Waals surface area contributed by atoms with Crippen LogP contribution in [0.15, 0.2) is 53.4 Å². The van der Waals surface area contributed by atoms with Crippen molar-refractivity contribution in [1.82, 2.24) is 5.32 Å². The zero-order valence-corrected chi connectivity index (χ0v) is 15.8. The molecule has 0 aliphatic carbocycles. The van der Waals surface area contributed by atoms with Crippen LogP contribution in [-0.4, -0.2) is 33.2 Å². The number of carbonyl (C=O) groups excluding carboxylic acids is 2. The fourth-order valence-corrected chi connectivity index (χ4v) is 3.02. The lowest BCUT2D eigenvalue weighted by atomic mass is 10.1. The SMILES string of the molecule is C[C@H](NC(=O)COC(=O)c1ccc(S(C)(=O)=O)cc1)c1cccc(Cl)c1. The molecule has 0 bridgehead atoms. The van der Waals surface area contributed by atoms with Crippen LogP contribution in [0.5, 0.6) is 0 Å². The van der Waals surface area contributed by atoms with E-state index in [9.17, 15) is 18.0 Å². The van der Waals surface area contributed by atoms with Crippen molar-refractivity contribution in [2.24, 2.45) is 0 Å². The summed E-state index contributed by atoms with van der Waals surface area (Å²) in [6.07, 6.45) is 1.08. The van der Waals surface area contributed by atoms with E-state index in [1.807, 2.05) is 6.07 Å².